The Morgan fingerprint density at radius 2 is 1.88 bits per heavy atom. The van der Waals surface area contributed by atoms with E-state index in [1.54, 1.807) is 12.1 Å². The second kappa shape index (κ2) is 8.53. The number of nitrogens with one attached hydrogen (secondary N) is 2. The summed E-state index contributed by atoms with van der Waals surface area (Å²) in [5, 5.41) is 3.85. The van der Waals surface area contributed by atoms with Gasteiger partial charge in [0.2, 0.25) is 5.91 Å². The Balaban J connectivity index is 1.51. The predicted molar refractivity (Wildman–Crippen MR) is 103 cm³/mol. The summed E-state index contributed by atoms with van der Waals surface area (Å²) in [6, 6.07) is 17.1. The summed E-state index contributed by atoms with van der Waals surface area (Å²) >= 11 is 0. The molecule has 0 aliphatic heterocycles. The largest absolute Gasteiger partial charge is 0.319 e. The van der Waals surface area contributed by atoms with Crippen molar-refractivity contribution < 1.29 is 4.79 Å². The fraction of sp³-hybridized carbons (Fsp3) is 0.100. The zero-order valence-electron chi connectivity index (χ0n) is 14.1. The van der Waals surface area contributed by atoms with Crippen molar-refractivity contribution >= 4 is 29.2 Å². The molecule has 0 atom stereocenters. The molecule has 1 aromatic heterocycles. The number of aryl methyl sites for hydroxylation is 1. The number of allylic oxidation sites excluding steroid dienone is 1. The van der Waals surface area contributed by atoms with Crippen LogP contribution in [0.4, 0.5) is 0 Å². The van der Waals surface area contributed by atoms with Gasteiger partial charge >= 0.3 is 0 Å². The van der Waals surface area contributed by atoms with Crippen LogP contribution in [0.15, 0.2) is 70.6 Å². The third-order valence-corrected chi connectivity index (χ3v) is 3.70. The lowest BCUT2D eigenvalue weighted by molar-refractivity contribution is -0.121. The maximum absolute atomic E-state index is 12.0. The highest BCUT2D eigenvalue weighted by molar-refractivity contribution is 5.81. The van der Waals surface area contributed by atoms with Crippen LogP contribution in [0, 0.1) is 0 Å². The Labute approximate surface area is 150 Å². The molecule has 6 nitrogen and oxygen atoms in total. The predicted octanol–water partition coefficient (Wildman–Crippen LogP) is 2.67. The van der Waals surface area contributed by atoms with Gasteiger partial charge < -0.3 is 4.98 Å². The number of amides is 1. The minimum absolute atomic E-state index is 0.133. The number of benzene rings is 2. The summed E-state index contributed by atoms with van der Waals surface area (Å²) in [5.41, 5.74) is 4.93. The van der Waals surface area contributed by atoms with Gasteiger partial charge in [0.1, 0.15) is 5.69 Å². The fourth-order valence-electron chi connectivity index (χ4n) is 2.40. The van der Waals surface area contributed by atoms with Crippen LogP contribution in [0.25, 0.3) is 17.1 Å². The number of nitrogens with zero attached hydrogens (tertiary/aromatic N) is 2. The lowest BCUT2D eigenvalue weighted by Gasteiger charge is -2.02. The number of carbonyl (C=O) groups excluding carboxylic acids is 1. The highest BCUT2D eigenvalue weighted by Gasteiger charge is 2.07. The molecule has 0 spiro atoms. The molecule has 26 heavy (non-hydrogen) atoms. The average Bonchev–Trinajstić information content (AvgIpc) is 2.67. The molecule has 1 amide bonds. The molecule has 0 unspecified atom stereocenters. The lowest BCUT2D eigenvalue weighted by Crippen LogP contribution is -2.21. The highest BCUT2D eigenvalue weighted by atomic mass is 16.2. The zero-order valence-corrected chi connectivity index (χ0v) is 14.1. The molecule has 2 N–H and O–H groups in total. The van der Waals surface area contributed by atoms with Crippen molar-refractivity contribution in [1.82, 2.24) is 15.4 Å². The van der Waals surface area contributed by atoms with E-state index in [1.807, 2.05) is 54.6 Å². The van der Waals surface area contributed by atoms with Gasteiger partial charge in [0.05, 0.1) is 11.0 Å². The van der Waals surface area contributed by atoms with E-state index >= 15 is 0 Å². The number of carbonyl (C=O) groups is 1. The number of fused-ring (bicyclic) bond motifs is 1. The van der Waals surface area contributed by atoms with Gasteiger partial charge in [-0.25, -0.2) is 10.4 Å². The van der Waals surface area contributed by atoms with Crippen LogP contribution in [-0.4, -0.2) is 22.1 Å². The molecule has 130 valence electrons. The summed E-state index contributed by atoms with van der Waals surface area (Å²) in [7, 11) is 0. The molecular weight excluding hydrogens is 328 g/mol. The molecule has 0 bridgehead atoms. The lowest BCUT2D eigenvalue weighted by atomic mass is 10.2. The van der Waals surface area contributed by atoms with Gasteiger partial charge in [-0.15, -0.1) is 0 Å². The van der Waals surface area contributed by atoms with Crippen molar-refractivity contribution in [3.8, 4) is 0 Å². The van der Waals surface area contributed by atoms with Crippen LogP contribution in [-0.2, 0) is 11.2 Å². The molecule has 3 rings (SSSR count). The molecule has 0 fully saturated rings. The summed E-state index contributed by atoms with van der Waals surface area (Å²) in [5.74, 6) is -0.274. The Hall–Kier alpha value is -3.54. The van der Waals surface area contributed by atoms with E-state index in [0.717, 1.165) is 5.56 Å². The van der Waals surface area contributed by atoms with E-state index < -0.39 is 0 Å². The first-order chi connectivity index (χ1) is 12.7. The fourth-order valence-corrected chi connectivity index (χ4v) is 2.40. The SMILES string of the molecule is O=C(CCc1nc2ccccc2[nH]c1=O)NN=C/C=C/c1ccccc1. The van der Waals surface area contributed by atoms with Crippen molar-refractivity contribution in [2.24, 2.45) is 5.10 Å². The standard InChI is InChI=1S/C20H18N4O2/c25-19(24-21-14-6-9-15-7-2-1-3-8-15)13-12-18-20(26)23-17-11-5-4-10-16(17)22-18/h1-11,14H,12-13H2,(H,23,26)(H,24,25)/b9-6+,21-14?. The van der Waals surface area contributed by atoms with E-state index in [2.05, 4.69) is 20.5 Å². The smallest absolute Gasteiger partial charge is 0.270 e. The molecule has 0 aliphatic rings. The van der Waals surface area contributed by atoms with Gasteiger partial charge in [-0.2, -0.15) is 5.10 Å². The van der Waals surface area contributed by atoms with Crippen molar-refractivity contribution in [1.29, 1.82) is 0 Å². The van der Waals surface area contributed by atoms with Crippen LogP contribution < -0.4 is 11.0 Å². The minimum atomic E-state index is -0.274. The molecule has 6 heteroatoms. The van der Waals surface area contributed by atoms with E-state index in [-0.39, 0.29) is 24.3 Å². The van der Waals surface area contributed by atoms with E-state index in [4.69, 9.17) is 0 Å². The van der Waals surface area contributed by atoms with E-state index in [1.165, 1.54) is 6.21 Å². The number of hydrazone groups is 1. The Bertz CT molecular complexity index is 1010. The second-order valence-corrected chi connectivity index (χ2v) is 5.61. The summed E-state index contributed by atoms with van der Waals surface area (Å²) in [6.45, 7) is 0. The second-order valence-electron chi connectivity index (χ2n) is 5.61. The van der Waals surface area contributed by atoms with Gasteiger partial charge in [-0.1, -0.05) is 48.5 Å². The number of aromatic amines is 1. The van der Waals surface area contributed by atoms with Crippen molar-refractivity contribution in [2.45, 2.75) is 12.8 Å². The molecule has 0 radical (unpaired) electrons. The molecule has 2 aromatic carbocycles. The van der Waals surface area contributed by atoms with Gasteiger partial charge in [0, 0.05) is 19.1 Å². The van der Waals surface area contributed by atoms with Crippen LogP contribution in [0.5, 0.6) is 0 Å². The maximum atomic E-state index is 12.0. The number of hydrogen-bond acceptors (Lipinski definition) is 4. The number of H-pyrrole nitrogens is 1. The number of para-hydroxylation sites is 2. The first kappa shape index (κ1) is 17.3. The Morgan fingerprint density at radius 1 is 1.12 bits per heavy atom. The van der Waals surface area contributed by atoms with Crippen LogP contribution in [0.1, 0.15) is 17.7 Å². The number of hydrogen-bond donors (Lipinski definition) is 2. The van der Waals surface area contributed by atoms with Crippen LogP contribution >= 0.6 is 0 Å². The van der Waals surface area contributed by atoms with Crippen molar-refractivity contribution in [2.75, 3.05) is 0 Å². The van der Waals surface area contributed by atoms with Gasteiger partial charge in [-0.05, 0) is 23.8 Å². The topological polar surface area (TPSA) is 87.2 Å². The summed E-state index contributed by atoms with van der Waals surface area (Å²) in [6.07, 6.45) is 5.51. The van der Waals surface area contributed by atoms with Crippen molar-refractivity contribution in [3.63, 3.8) is 0 Å². The maximum Gasteiger partial charge on any atom is 0.270 e. The quantitative estimate of drug-likeness (QED) is 0.531. The zero-order chi connectivity index (χ0) is 18.2. The first-order valence-corrected chi connectivity index (χ1v) is 8.24. The molecule has 1 heterocycles. The van der Waals surface area contributed by atoms with Crippen LogP contribution in [0.2, 0.25) is 0 Å². The third kappa shape index (κ3) is 4.73. The molecule has 0 saturated carbocycles. The highest BCUT2D eigenvalue weighted by Crippen LogP contribution is 2.06. The normalized spacial score (nSPS) is 11.4. The molecule has 3 aromatic rings. The van der Waals surface area contributed by atoms with Gasteiger partial charge in [0.25, 0.3) is 5.56 Å². The van der Waals surface area contributed by atoms with Crippen molar-refractivity contribution in [3.05, 3.63) is 82.3 Å². The van der Waals surface area contributed by atoms with Gasteiger partial charge in [0.15, 0.2) is 0 Å². The minimum Gasteiger partial charge on any atom is -0.319 e. The number of aromatic nitrogens is 2. The van der Waals surface area contributed by atoms with Crippen LogP contribution in [0.3, 0.4) is 0 Å². The first-order valence-electron chi connectivity index (χ1n) is 8.24. The third-order valence-electron chi connectivity index (χ3n) is 3.70. The monoisotopic (exact) mass is 346 g/mol. The molecular formula is C20H18N4O2. The average molecular weight is 346 g/mol. The molecule has 0 saturated heterocycles. The summed E-state index contributed by atoms with van der Waals surface area (Å²) in [4.78, 5) is 30.9. The molecule has 0 aliphatic carbocycles. The Kier molecular flexibility index (Phi) is 5.67. The Morgan fingerprint density at radius 3 is 2.73 bits per heavy atom. The van der Waals surface area contributed by atoms with E-state index in [0.29, 0.717) is 16.7 Å². The number of rotatable bonds is 6. The summed E-state index contributed by atoms with van der Waals surface area (Å²) < 4.78 is 0. The van der Waals surface area contributed by atoms with Gasteiger partial charge in [-0.3, -0.25) is 9.59 Å². The van der Waals surface area contributed by atoms with E-state index in [9.17, 15) is 9.59 Å².